The van der Waals surface area contributed by atoms with Gasteiger partial charge in [-0.15, -0.1) is 0 Å². The first-order chi connectivity index (χ1) is 16.3. The van der Waals surface area contributed by atoms with Crippen molar-refractivity contribution in [3.05, 3.63) is 51.5 Å². The Bertz CT molecular complexity index is 1200. The highest BCUT2D eigenvalue weighted by molar-refractivity contribution is 5.94. The van der Waals surface area contributed by atoms with E-state index in [-0.39, 0.29) is 18.8 Å². The number of nitrogens with one attached hydrogen (secondary N) is 2. The summed E-state index contributed by atoms with van der Waals surface area (Å²) in [5.74, 6) is -0.862. The van der Waals surface area contributed by atoms with E-state index in [0.29, 0.717) is 36.1 Å². The van der Waals surface area contributed by atoms with Crippen molar-refractivity contribution in [3.8, 4) is 5.75 Å². The molecule has 5 N–H and O–H groups in total. The first-order valence-corrected chi connectivity index (χ1v) is 11.2. The second kappa shape index (κ2) is 9.82. The number of benzene rings is 1. The molecule has 2 heterocycles. The third kappa shape index (κ3) is 4.62. The van der Waals surface area contributed by atoms with Crippen LogP contribution in [0.5, 0.6) is 5.75 Å². The van der Waals surface area contributed by atoms with Crippen LogP contribution >= 0.6 is 0 Å². The standard InChI is InChI=1S/C23H27FN6O4/c1-14(27-13-25)28-17-10-16(24)5-4-15(17)11-26-20(32)18-19(31)21(33)30-8-9-34-12-23(22(30)29-18)6-2-3-7-23/h4-5,10,13,31H,2-3,6-9,11-12H2,1H3,(H,26,32)(H2,25,27,28)/p+1. The van der Waals surface area contributed by atoms with Gasteiger partial charge >= 0.3 is 0 Å². The molecule has 0 bridgehead atoms. The lowest BCUT2D eigenvalue weighted by molar-refractivity contribution is -0.445. The third-order valence-corrected chi connectivity index (χ3v) is 6.41. The van der Waals surface area contributed by atoms with E-state index < -0.39 is 28.4 Å². The average molecular weight is 472 g/mol. The van der Waals surface area contributed by atoms with Gasteiger partial charge in [-0.1, -0.05) is 12.8 Å². The average Bonchev–Trinajstić information content (AvgIpc) is 3.20. The van der Waals surface area contributed by atoms with Crippen LogP contribution in [-0.2, 0) is 23.2 Å². The zero-order valence-corrected chi connectivity index (χ0v) is 18.9. The number of fused-ring (bicyclic) bond motifs is 2. The minimum Gasteiger partial charge on any atom is -0.501 e. The molecule has 2 aromatic rings. The minimum atomic E-state index is -0.698. The van der Waals surface area contributed by atoms with Crippen molar-refractivity contribution in [3.63, 3.8) is 0 Å². The van der Waals surface area contributed by atoms with Gasteiger partial charge in [0.1, 0.15) is 23.7 Å². The molecule has 4 rings (SSSR count). The molecule has 0 unspecified atom stereocenters. The number of nitrogens with zero attached hydrogens (tertiary/aromatic N) is 3. The van der Waals surface area contributed by atoms with Crippen LogP contribution in [0.4, 0.5) is 10.1 Å². The highest BCUT2D eigenvalue weighted by Crippen LogP contribution is 2.41. The van der Waals surface area contributed by atoms with Gasteiger partial charge < -0.3 is 15.2 Å². The van der Waals surface area contributed by atoms with Crippen molar-refractivity contribution in [1.82, 2.24) is 14.9 Å². The summed E-state index contributed by atoms with van der Waals surface area (Å²) in [6.07, 6.45) is 4.45. The number of carbonyl (C=O) groups excluding carboxylic acids is 1. The van der Waals surface area contributed by atoms with E-state index in [9.17, 15) is 19.1 Å². The summed E-state index contributed by atoms with van der Waals surface area (Å²) in [4.78, 5) is 34.3. The Kier molecular flexibility index (Phi) is 6.85. The quantitative estimate of drug-likeness (QED) is 0.293. The van der Waals surface area contributed by atoms with E-state index in [1.165, 1.54) is 22.8 Å². The summed E-state index contributed by atoms with van der Waals surface area (Å²) < 4.78 is 21.0. The number of halogens is 1. The van der Waals surface area contributed by atoms with Crippen LogP contribution in [0, 0.1) is 11.2 Å². The number of carbonyl (C=O) groups is 1. The van der Waals surface area contributed by atoms with Gasteiger partial charge in [-0.25, -0.2) is 9.37 Å². The van der Waals surface area contributed by atoms with Crippen LogP contribution in [0.1, 0.15) is 54.5 Å². The van der Waals surface area contributed by atoms with Crippen molar-refractivity contribution in [2.75, 3.05) is 13.2 Å². The maximum atomic E-state index is 13.8. The number of amides is 1. The van der Waals surface area contributed by atoms with Crippen molar-refractivity contribution in [1.29, 1.82) is 5.41 Å². The highest BCUT2D eigenvalue weighted by atomic mass is 19.1. The van der Waals surface area contributed by atoms with Gasteiger partial charge in [0.2, 0.25) is 11.6 Å². The topological polar surface area (TPSA) is 146 Å². The van der Waals surface area contributed by atoms with Crippen LogP contribution < -0.4 is 16.2 Å². The van der Waals surface area contributed by atoms with E-state index in [2.05, 4.69) is 15.3 Å². The fraction of sp³-hybridized carbons (Fsp3) is 0.435. The third-order valence-electron chi connectivity index (χ3n) is 6.41. The molecule has 1 spiro atoms. The number of quaternary nitrogens is 1. The van der Waals surface area contributed by atoms with E-state index >= 15 is 0 Å². The first-order valence-electron chi connectivity index (χ1n) is 11.2. The molecule has 1 amide bonds. The Labute approximate surface area is 195 Å². The Morgan fingerprint density at radius 2 is 2.21 bits per heavy atom. The molecule has 1 aromatic carbocycles. The Balaban J connectivity index is 1.62. The molecular formula is C23H28FN6O4+. The smallest absolute Gasteiger partial charge is 0.296 e. The van der Waals surface area contributed by atoms with Crippen molar-refractivity contribution in [2.24, 2.45) is 4.99 Å². The molecule has 1 aliphatic heterocycles. The summed E-state index contributed by atoms with van der Waals surface area (Å²) in [6.45, 7) is 2.72. The number of aliphatic imine (C=N–C) groups is 1. The molecule has 1 fully saturated rings. The molecule has 0 atom stereocenters. The number of rotatable bonds is 5. The zero-order chi connectivity index (χ0) is 24.3. The summed E-state index contributed by atoms with van der Waals surface area (Å²) in [7, 11) is 0. The number of amidine groups is 1. The number of nitrogens with two attached hydrogens (primary N) is 1. The second-order valence-corrected chi connectivity index (χ2v) is 8.70. The fourth-order valence-electron chi connectivity index (χ4n) is 4.71. The van der Waals surface area contributed by atoms with Gasteiger partial charge in [-0.2, -0.15) is 4.99 Å². The van der Waals surface area contributed by atoms with E-state index in [1.54, 1.807) is 12.2 Å². The van der Waals surface area contributed by atoms with E-state index in [1.807, 2.05) is 0 Å². The maximum absolute atomic E-state index is 13.8. The first kappa shape index (κ1) is 23.7. The largest absolute Gasteiger partial charge is 0.501 e. The van der Waals surface area contributed by atoms with Gasteiger partial charge in [-0.3, -0.25) is 24.9 Å². The van der Waals surface area contributed by atoms with E-state index in [4.69, 9.17) is 10.1 Å². The number of aromatic hydroxyl groups is 1. The lowest BCUT2D eigenvalue weighted by Gasteiger charge is -2.28. The lowest BCUT2D eigenvalue weighted by atomic mass is 9.86. The maximum Gasteiger partial charge on any atom is 0.296 e. The summed E-state index contributed by atoms with van der Waals surface area (Å²) >= 11 is 0. The van der Waals surface area contributed by atoms with Crippen molar-refractivity contribution < 1.29 is 24.3 Å². The number of hydrogen-bond acceptors (Lipinski definition) is 6. The van der Waals surface area contributed by atoms with E-state index in [0.717, 1.165) is 32.0 Å². The Morgan fingerprint density at radius 3 is 2.94 bits per heavy atom. The zero-order valence-electron chi connectivity index (χ0n) is 18.9. The molecule has 1 saturated carbocycles. The summed E-state index contributed by atoms with van der Waals surface area (Å²) in [6, 6.07) is 4.11. The predicted octanol–water partition coefficient (Wildman–Crippen LogP) is 1.08. The second-order valence-electron chi connectivity index (χ2n) is 8.70. The fourth-order valence-corrected chi connectivity index (χ4v) is 4.71. The van der Waals surface area contributed by atoms with Crippen molar-refractivity contribution >= 4 is 23.8 Å². The number of aromatic nitrogens is 2. The molecule has 1 aromatic heterocycles. The van der Waals surface area contributed by atoms with Gasteiger partial charge in [0.25, 0.3) is 11.5 Å². The number of ether oxygens (including phenoxy) is 1. The minimum absolute atomic E-state index is 0.0105. The molecule has 34 heavy (non-hydrogen) atoms. The monoisotopic (exact) mass is 471 g/mol. The molecule has 2 aliphatic rings. The Hall–Kier alpha value is -3.44. The van der Waals surface area contributed by atoms with Gasteiger partial charge in [0.15, 0.2) is 5.69 Å². The normalized spacial score (nSPS) is 17.3. The summed E-state index contributed by atoms with van der Waals surface area (Å²) in [5.41, 5.74) is -0.325. The highest BCUT2D eigenvalue weighted by Gasteiger charge is 2.42. The molecule has 10 nitrogen and oxygen atoms in total. The van der Waals surface area contributed by atoms with Crippen LogP contribution in [0.3, 0.4) is 0 Å². The molecule has 0 radical (unpaired) electrons. The van der Waals surface area contributed by atoms with Gasteiger partial charge in [0, 0.05) is 25.1 Å². The van der Waals surface area contributed by atoms with Gasteiger partial charge in [-0.05, 0) is 25.0 Å². The SMILES string of the molecule is CC(=NC=N)[NH2+]c1cc(F)ccc1CNC(=O)c1nc2n(c(=O)c1O)CCOCC21CCCC1. The molecule has 11 heteroatoms. The molecule has 1 aliphatic carbocycles. The summed E-state index contributed by atoms with van der Waals surface area (Å²) in [5, 5.41) is 21.9. The molecular weight excluding hydrogens is 443 g/mol. The lowest BCUT2D eigenvalue weighted by Crippen LogP contribution is -2.81. The molecule has 0 saturated heterocycles. The predicted molar refractivity (Wildman–Crippen MR) is 122 cm³/mol. The Morgan fingerprint density at radius 1 is 1.44 bits per heavy atom. The molecule has 180 valence electrons. The van der Waals surface area contributed by atoms with Crippen LogP contribution in [0.25, 0.3) is 0 Å². The van der Waals surface area contributed by atoms with Crippen LogP contribution in [0.2, 0.25) is 0 Å². The number of hydrogen-bond donors (Lipinski definition) is 4. The van der Waals surface area contributed by atoms with Gasteiger partial charge in [0.05, 0.1) is 25.2 Å². The van der Waals surface area contributed by atoms with Crippen LogP contribution in [0.15, 0.2) is 28.0 Å². The van der Waals surface area contributed by atoms with Crippen LogP contribution in [-0.4, -0.2) is 46.0 Å². The van der Waals surface area contributed by atoms with Crippen molar-refractivity contribution in [2.45, 2.75) is 51.1 Å².